The van der Waals surface area contributed by atoms with E-state index in [9.17, 15) is 0 Å². The summed E-state index contributed by atoms with van der Waals surface area (Å²) in [5.74, 6) is 0. The molecule has 0 aromatic rings. The molecular formula is BiO6P3. The summed E-state index contributed by atoms with van der Waals surface area (Å²) < 4.78 is 25.0. The van der Waals surface area contributed by atoms with Gasteiger partial charge in [0.2, 0.25) is 0 Å². The van der Waals surface area contributed by atoms with E-state index >= 15 is 0 Å². The molecule has 56 valence electrons. The van der Waals surface area contributed by atoms with Gasteiger partial charge in [-0.3, -0.25) is 13.7 Å². The van der Waals surface area contributed by atoms with E-state index in [1.165, 1.54) is 0 Å². The zero-order valence-corrected chi connectivity index (χ0v) is 10.4. The topological polar surface area (TPSA) is 120 Å². The molecule has 10 heteroatoms. The average Bonchev–Trinajstić information content (AvgIpc) is 1.70. The minimum absolute atomic E-state index is 0. The van der Waals surface area contributed by atoms with Crippen LogP contribution in [0.25, 0.3) is 0 Å². The van der Waals surface area contributed by atoms with Crippen molar-refractivity contribution in [2.75, 3.05) is 0 Å². The fraction of sp³-hybridized carbons (Fsp3) is 0. The Morgan fingerprint density at radius 1 is 0.700 bits per heavy atom. The molecule has 0 saturated heterocycles. The van der Waals surface area contributed by atoms with Crippen molar-refractivity contribution < 1.29 is 28.4 Å². The fourth-order valence-electron chi connectivity index (χ4n) is 0. The van der Waals surface area contributed by atoms with Gasteiger partial charge in [-0.1, -0.05) is 0 Å². The molecule has 0 rings (SSSR count). The van der Waals surface area contributed by atoms with E-state index in [1.54, 1.807) is 0 Å². The van der Waals surface area contributed by atoms with Crippen LogP contribution in [-0.2, 0) is 13.7 Å². The first-order valence-corrected chi connectivity index (χ1v) is 3.29. The summed E-state index contributed by atoms with van der Waals surface area (Å²) in [5.41, 5.74) is 0. The van der Waals surface area contributed by atoms with Gasteiger partial charge in [-0.05, 0) is 0 Å². The molecule has 0 aliphatic heterocycles. The molecule has 0 bridgehead atoms. The third-order valence-corrected chi connectivity index (χ3v) is 0. The second kappa shape index (κ2) is 50.1. The van der Waals surface area contributed by atoms with E-state index in [0.717, 1.165) is 0 Å². The third kappa shape index (κ3) is 521. The number of rotatable bonds is 0. The summed E-state index contributed by atoms with van der Waals surface area (Å²) in [6.07, 6.45) is 0. The first kappa shape index (κ1) is 22.5. The van der Waals surface area contributed by atoms with Crippen molar-refractivity contribution in [3.05, 3.63) is 0 Å². The molecule has 0 aliphatic rings. The standard InChI is InChI=1S/Bi.3HO2P/c;3*1-3-2/h;3*(H,1,2)/q+3;;;/p-3. The summed E-state index contributed by atoms with van der Waals surface area (Å²) in [6.45, 7) is 0. The second-order valence-corrected chi connectivity index (χ2v) is 0.671. The van der Waals surface area contributed by atoms with Crippen LogP contribution in [0.2, 0.25) is 0 Å². The van der Waals surface area contributed by atoms with Gasteiger partial charge in [0, 0.05) is 0 Å². The molecule has 0 aliphatic carbocycles. The van der Waals surface area contributed by atoms with Gasteiger partial charge in [0.1, 0.15) is 0 Å². The van der Waals surface area contributed by atoms with Gasteiger partial charge < -0.3 is 14.7 Å². The molecule has 0 fully saturated rings. The van der Waals surface area contributed by atoms with Crippen LogP contribution in [0.15, 0.2) is 0 Å². The van der Waals surface area contributed by atoms with Crippen LogP contribution < -0.4 is 14.7 Å². The van der Waals surface area contributed by atoms with Crippen molar-refractivity contribution in [1.82, 2.24) is 0 Å². The Hall–Kier alpha value is 1.06. The normalized spacial score (nSPS) is 6.30. The van der Waals surface area contributed by atoms with Gasteiger partial charge in [-0.25, -0.2) is 0 Å². The van der Waals surface area contributed by atoms with E-state index in [1.807, 2.05) is 0 Å². The minimum Gasteiger partial charge on any atom is -0.772 e. The van der Waals surface area contributed by atoms with Gasteiger partial charge in [-0.2, -0.15) is 0 Å². The second-order valence-electron chi connectivity index (χ2n) is 0.224. The molecule has 0 aromatic carbocycles. The van der Waals surface area contributed by atoms with Crippen molar-refractivity contribution in [3.8, 4) is 0 Å². The quantitative estimate of drug-likeness (QED) is 0.354. The predicted octanol–water partition coefficient (Wildman–Crippen LogP) is -1.72. The fourth-order valence-corrected chi connectivity index (χ4v) is 0. The first-order chi connectivity index (χ1) is 4.24. The molecule has 2 radical (unpaired) electrons. The minimum atomic E-state index is -1.08. The molecule has 0 aromatic heterocycles. The predicted molar refractivity (Wildman–Crippen MR) is 28.6 cm³/mol. The zero-order valence-electron chi connectivity index (χ0n) is 4.24. The van der Waals surface area contributed by atoms with Crippen LogP contribution in [0.1, 0.15) is 0 Å². The van der Waals surface area contributed by atoms with Crippen LogP contribution in [0.5, 0.6) is 0 Å². The summed E-state index contributed by atoms with van der Waals surface area (Å²) >= 11 is 0. The Bertz CT molecular complexity index is 49.7. The van der Waals surface area contributed by atoms with Crippen molar-refractivity contribution >= 4 is 52.3 Å². The van der Waals surface area contributed by atoms with E-state index in [0.29, 0.717) is 0 Å². The van der Waals surface area contributed by atoms with E-state index in [4.69, 9.17) is 28.4 Å². The number of hydrogen-bond donors (Lipinski definition) is 0. The third-order valence-electron chi connectivity index (χ3n) is 0. The largest absolute Gasteiger partial charge is 3.00 e. The maximum absolute atomic E-state index is 8.35. The molecule has 0 spiro atoms. The van der Waals surface area contributed by atoms with Gasteiger partial charge in [0.05, 0.1) is 26.1 Å². The van der Waals surface area contributed by atoms with Crippen molar-refractivity contribution in [3.63, 3.8) is 0 Å². The summed E-state index contributed by atoms with van der Waals surface area (Å²) in [4.78, 5) is 25.0. The first-order valence-electron chi connectivity index (χ1n) is 1.10. The van der Waals surface area contributed by atoms with Gasteiger partial charge in [0.15, 0.2) is 0 Å². The SMILES string of the molecule is O=P[O-].O=P[O-].O=P[O-].[Bi+3]. The van der Waals surface area contributed by atoms with Crippen molar-refractivity contribution in [2.24, 2.45) is 0 Å². The summed E-state index contributed by atoms with van der Waals surface area (Å²) in [6, 6.07) is 0. The summed E-state index contributed by atoms with van der Waals surface area (Å²) in [5, 5.41) is 0. The van der Waals surface area contributed by atoms with Crippen LogP contribution in [0, 0.1) is 0 Å². The van der Waals surface area contributed by atoms with Gasteiger partial charge in [-0.15, -0.1) is 0 Å². The van der Waals surface area contributed by atoms with E-state index in [2.05, 4.69) is 0 Å². The van der Waals surface area contributed by atoms with Crippen molar-refractivity contribution in [1.29, 1.82) is 0 Å². The van der Waals surface area contributed by atoms with Crippen molar-refractivity contribution in [2.45, 2.75) is 0 Å². The maximum Gasteiger partial charge on any atom is 3.00 e. The van der Waals surface area contributed by atoms with Crippen LogP contribution >= 0.6 is 26.1 Å². The Labute approximate surface area is 80.6 Å². The molecule has 0 unspecified atom stereocenters. The molecule has 0 saturated carbocycles. The Balaban J connectivity index is -0.0000000257. The zero-order chi connectivity index (χ0) is 8.12. The number of hydrogen-bond acceptors (Lipinski definition) is 6. The van der Waals surface area contributed by atoms with Gasteiger partial charge >= 0.3 is 26.2 Å². The van der Waals surface area contributed by atoms with E-state index < -0.39 is 26.1 Å². The molecular weight excluding hydrogens is 398 g/mol. The molecule has 0 heterocycles. The summed E-state index contributed by atoms with van der Waals surface area (Å²) in [7, 11) is -3.25. The maximum atomic E-state index is 8.35. The molecule has 0 atom stereocenters. The Morgan fingerprint density at radius 3 is 0.700 bits per heavy atom. The molecule has 0 N–H and O–H groups in total. The van der Waals surface area contributed by atoms with E-state index in [-0.39, 0.29) is 26.2 Å². The van der Waals surface area contributed by atoms with Crippen LogP contribution in [0.4, 0.5) is 0 Å². The molecule has 6 nitrogen and oxygen atoms in total. The molecule has 0 amide bonds. The average molecular weight is 398 g/mol. The smallest absolute Gasteiger partial charge is 0.772 e. The van der Waals surface area contributed by atoms with Crippen LogP contribution in [-0.4, -0.2) is 26.2 Å². The Kier molecular flexibility index (Phi) is 112. The Morgan fingerprint density at radius 2 is 0.700 bits per heavy atom. The monoisotopic (exact) mass is 398 g/mol. The van der Waals surface area contributed by atoms with Crippen LogP contribution in [0.3, 0.4) is 0 Å². The van der Waals surface area contributed by atoms with Gasteiger partial charge in [0.25, 0.3) is 0 Å². The molecule has 10 heavy (non-hydrogen) atoms.